The van der Waals surface area contributed by atoms with Crippen molar-refractivity contribution < 1.29 is 34.7 Å². The van der Waals surface area contributed by atoms with Crippen molar-refractivity contribution in [3.63, 3.8) is 0 Å². The zero-order valence-corrected chi connectivity index (χ0v) is 51.7. The van der Waals surface area contributed by atoms with Gasteiger partial charge in [-0.3, -0.25) is 0 Å². The average Bonchev–Trinajstić information content (AvgIpc) is 3.47. The van der Waals surface area contributed by atoms with E-state index in [0.717, 1.165) is 68.4 Å². The predicted octanol–water partition coefficient (Wildman–Crippen LogP) is 17.5. The Balaban J connectivity index is 1.35. The van der Waals surface area contributed by atoms with Crippen LogP contribution in [0.1, 0.15) is 124 Å². The minimum atomic E-state index is -3.82. The van der Waals surface area contributed by atoms with Crippen LogP contribution in [-0.4, -0.2) is 54.2 Å². The smallest absolute Gasteiger partial charge is 0.185 e. The predicted molar refractivity (Wildman–Crippen MR) is 340 cm³/mol. The van der Waals surface area contributed by atoms with Gasteiger partial charge in [0.15, 0.2) is 29.5 Å². The Bertz CT molecular complexity index is 3480. The molecule has 0 aliphatic heterocycles. The summed E-state index contributed by atoms with van der Waals surface area (Å²) in [6.45, 7) is 26.3. The molecule has 432 valence electrons. The molecule has 0 fully saturated rings. The summed E-state index contributed by atoms with van der Waals surface area (Å²) < 4.78 is 98.4. The van der Waals surface area contributed by atoms with E-state index in [-0.39, 0.29) is 16.2 Å². The van der Waals surface area contributed by atoms with Gasteiger partial charge in [0.1, 0.15) is 24.7 Å². The molecule has 8 nitrogen and oxygen atoms in total. The molecule has 0 spiro atoms. The van der Waals surface area contributed by atoms with Gasteiger partial charge in [-0.15, -0.1) is 0 Å². The Hall–Kier alpha value is -6.53. The molecule has 3 atom stereocenters. The number of benzene rings is 5. The van der Waals surface area contributed by atoms with E-state index in [1.807, 2.05) is 109 Å². The average molecular weight is 1150 g/mol. The molecule has 0 saturated heterocycles. The van der Waals surface area contributed by atoms with Gasteiger partial charge in [0, 0.05) is 16.3 Å². The van der Waals surface area contributed by atoms with E-state index in [2.05, 4.69) is 45.2 Å². The maximum absolute atomic E-state index is 14.5. The SMILES string of the molecule is C=CCOc1c(C)c(C/C=C(\C)C(C/C=C(\C)CC/C=C(\C)CC(/C=C(\C)CC/C=C(\C)CC(/C=C(\C)CCC=C(C)C)S(=O)(=O)c2ccccc2)S(=O)(=O)c2ccccc2)S(=O)(=O)c2ccccc2)c(OCC=C)c2ccccc12. The van der Waals surface area contributed by atoms with Crippen LogP contribution in [-0.2, 0) is 35.9 Å². The fourth-order valence-corrected chi connectivity index (χ4v) is 15.3. The van der Waals surface area contributed by atoms with E-state index in [4.69, 9.17) is 9.47 Å². The van der Waals surface area contributed by atoms with E-state index in [9.17, 15) is 25.3 Å². The summed E-state index contributed by atoms with van der Waals surface area (Å²) in [5, 5.41) is -0.574. The molecule has 0 N–H and O–H groups in total. The van der Waals surface area contributed by atoms with Gasteiger partial charge in [0.2, 0.25) is 0 Å². The molecule has 5 aromatic rings. The fraction of sp³-hybridized carbons (Fsp3) is 0.343. The zero-order valence-electron chi connectivity index (χ0n) is 49.3. The molecule has 0 bridgehead atoms. The van der Waals surface area contributed by atoms with Gasteiger partial charge in [0.05, 0.1) is 30.4 Å². The van der Waals surface area contributed by atoms with E-state index in [0.29, 0.717) is 74.4 Å². The lowest BCUT2D eigenvalue weighted by Crippen LogP contribution is -2.22. The Kier molecular flexibility index (Phi) is 25.5. The summed E-state index contributed by atoms with van der Waals surface area (Å²) in [4.78, 5) is 0.818. The molecule has 0 heterocycles. The van der Waals surface area contributed by atoms with Crippen LogP contribution in [0.2, 0.25) is 0 Å². The fourth-order valence-electron chi connectivity index (χ4n) is 9.94. The Morgan fingerprint density at radius 3 is 1.31 bits per heavy atom. The van der Waals surface area contributed by atoms with Crippen molar-refractivity contribution in [2.24, 2.45) is 0 Å². The summed E-state index contributed by atoms with van der Waals surface area (Å²) >= 11 is 0. The Morgan fingerprint density at radius 1 is 0.469 bits per heavy atom. The summed E-state index contributed by atoms with van der Waals surface area (Å²) in [6.07, 6.45) is 23.0. The maximum atomic E-state index is 14.5. The summed E-state index contributed by atoms with van der Waals surface area (Å²) in [6, 6.07) is 33.7. The van der Waals surface area contributed by atoms with Gasteiger partial charge in [-0.2, -0.15) is 0 Å². The van der Waals surface area contributed by atoms with Crippen LogP contribution >= 0.6 is 0 Å². The summed E-state index contributed by atoms with van der Waals surface area (Å²) in [5.74, 6) is 1.44. The quantitative estimate of drug-likeness (QED) is 0.0390. The molecule has 81 heavy (non-hydrogen) atoms. The second-order valence-corrected chi connectivity index (χ2v) is 28.0. The van der Waals surface area contributed by atoms with Crippen molar-refractivity contribution in [1.82, 2.24) is 0 Å². The Labute approximate surface area is 487 Å². The van der Waals surface area contributed by atoms with E-state index in [1.165, 1.54) is 5.57 Å². The lowest BCUT2D eigenvalue weighted by atomic mass is 9.95. The molecule has 0 amide bonds. The van der Waals surface area contributed by atoms with E-state index in [1.54, 1.807) is 91.0 Å². The van der Waals surface area contributed by atoms with Crippen LogP contribution in [0.25, 0.3) is 10.8 Å². The van der Waals surface area contributed by atoms with E-state index < -0.39 is 45.3 Å². The van der Waals surface area contributed by atoms with Crippen LogP contribution in [0.15, 0.2) is 237 Å². The molecule has 3 unspecified atom stereocenters. The van der Waals surface area contributed by atoms with E-state index >= 15 is 0 Å². The van der Waals surface area contributed by atoms with Crippen molar-refractivity contribution in [1.29, 1.82) is 0 Å². The first-order valence-electron chi connectivity index (χ1n) is 28.1. The number of rotatable bonds is 32. The van der Waals surface area contributed by atoms with Gasteiger partial charge in [0.25, 0.3) is 0 Å². The Morgan fingerprint density at radius 2 is 0.864 bits per heavy atom. The number of ether oxygens (including phenoxy) is 2. The van der Waals surface area contributed by atoms with Gasteiger partial charge in [-0.1, -0.05) is 186 Å². The number of fused-ring (bicyclic) bond motifs is 1. The van der Waals surface area contributed by atoms with Crippen molar-refractivity contribution in [2.75, 3.05) is 13.2 Å². The molecule has 0 aromatic heterocycles. The molecule has 5 aromatic carbocycles. The first-order chi connectivity index (χ1) is 38.6. The van der Waals surface area contributed by atoms with Gasteiger partial charge in [-0.05, 0) is 168 Å². The second-order valence-electron chi connectivity index (χ2n) is 21.5. The molecule has 0 aliphatic rings. The van der Waals surface area contributed by atoms with Crippen LogP contribution in [0.4, 0.5) is 0 Å². The standard InChI is InChI=1S/C70H86O8S3/c1-12-46-77-69-59(11)65(70(78-47-13-2)67-41-24-23-40-66(67)69)44-43-58(10)68(81(75,76)62-38-21-16-22-39-62)45-42-53(5)29-26-31-55(7)49-64(80(73,74)61-36-19-15-20-37-61)51-57(9)33-27-32-56(8)50-63(48-54(6)30-25-28-52(3)4)79(71,72)60-34-17-14-18-35-60/h12-24,28,31-32,34-43,48,51,63-64,68H,1-2,25-27,29-30,33,44-47,49-50H2,3-11H3/b53-42+,54-48+,55-31+,56-32+,57-51+,58-43+. The third kappa shape index (κ3) is 19.0. The first-order valence-corrected chi connectivity index (χ1v) is 32.7. The van der Waals surface area contributed by atoms with Crippen LogP contribution < -0.4 is 9.47 Å². The third-order valence-electron chi connectivity index (χ3n) is 14.5. The lowest BCUT2D eigenvalue weighted by Gasteiger charge is -2.21. The van der Waals surface area contributed by atoms with Gasteiger partial charge >= 0.3 is 0 Å². The molecule has 0 saturated carbocycles. The summed E-state index contributed by atoms with van der Waals surface area (Å²) in [7, 11) is -11.2. The zero-order chi connectivity index (χ0) is 59.2. The minimum Gasteiger partial charge on any atom is -0.489 e. The highest BCUT2D eigenvalue weighted by Crippen LogP contribution is 2.42. The maximum Gasteiger partial charge on any atom is 0.185 e. The third-order valence-corrected chi connectivity index (χ3v) is 20.8. The second kappa shape index (κ2) is 31.6. The molecule has 5 rings (SSSR count). The molecular formula is C70H86O8S3. The summed E-state index contributed by atoms with van der Waals surface area (Å²) in [5.41, 5.74) is 8.62. The highest BCUT2D eigenvalue weighted by Gasteiger charge is 2.30. The first kappa shape index (κ1) is 65.3. The number of hydrogen-bond donors (Lipinski definition) is 0. The van der Waals surface area contributed by atoms with Crippen LogP contribution in [0.5, 0.6) is 11.5 Å². The monoisotopic (exact) mass is 1150 g/mol. The van der Waals surface area contributed by atoms with Gasteiger partial charge < -0.3 is 9.47 Å². The molecule has 11 heteroatoms. The largest absolute Gasteiger partial charge is 0.489 e. The van der Waals surface area contributed by atoms with Crippen molar-refractivity contribution in [2.45, 2.75) is 157 Å². The number of allylic oxidation sites excluding steroid dienone is 11. The highest BCUT2D eigenvalue weighted by atomic mass is 32.2. The lowest BCUT2D eigenvalue weighted by molar-refractivity contribution is 0.354. The minimum absolute atomic E-state index is 0.255. The number of sulfone groups is 3. The van der Waals surface area contributed by atoms with Crippen LogP contribution in [0.3, 0.4) is 0 Å². The van der Waals surface area contributed by atoms with Crippen LogP contribution in [0, 0.1) is 6.92 Å². The molecule has 0 radical (unpaired) electrons. The molecule has 0 aliphatic carbocycles. The van der Waals surface area contributed by atoms with Crippen molar-refractivity contribution in [3.05, 3.63) is 233 Å². The topological polar surface area (TPSA) is 121 Å². The highest BCUT2D eigenvalue weighted by molar-refractivity contribution is 7.92. The molecular weight excluding hydrogens is 1060 g/mol. The normalized spacial score (nSPS) is 14.5. The van der Waals surface area contributed by atoms with Crippen molar-refractivity contribution >= 4 is 40.3 Å². The van der Waals surface area contributed by atoms with Crippen molar-refractivity contribution in [3.8, 4) is 11.5 Å². The number of hydrogen-bond acceptors (Lipinski definition) is 8. The van der Waals surface area contributed by atoms with Gasteiger partial charge in [-0.25, -0.2) is 25.3 Å².